The van der Waals surface area contributed by atoms with E-state index in [1.54, 1.807) is 13.0 Å². The maximum atomic E-state index is 11.9. The van der Waals surface area contributed by atoms with Crippen LogP contribution in [0.25, 0.3) is 6.08 Å². The topological polar surface area (TPSA) is 37.4 Å². The molecule has 1 aromatic rings. The first-order valence-corrected chi connectivity index (χ1v) is 6.25. The number of aryl methyl sites for hydroxylation is 1. The van der Waals surface area contributed by atoms with Crippen LogP contribution in [0.1, 0.15) is 18.1 Å². The van der Waals surface area contributed by atoms with E-state index in [0.29, 0.717) is 11.4 Å². The zero-order chi connectivity index (χ0) is 12.4. The van der Waals surface area contributed by atoms with E-state index in [2.05, 4.69) is 0 Å². The van der Waals surface area contributed by atoms with E-state index in [0.717, 1.165) is 22.9 Å². The highest BCUT2D eigenvalue weighted by atomic mass is 32.2. The lowest BCUT2D eigenvalue weighted by Crippen LogP contribution is -2.27. The molecule has 0 saturated carbocycles. The molecular formula is C13H13NO2S. The van der Waals surface area contributed by atoms with Crippen molar-refractivity contribution in [3.05, 3.63) is 40.3 Å². The number of benzene rings is 1. The van der Waals surface area contributed by atoms with Crippen molar-refractivity contribution in [1.29, 1.82) is 0 Å². The molecule has 2 rings (SSSR count). The van der Waals surface area contributed by atoms with E-state index in [4.69, 9.17) is 0 Å². The van der Waals surface area contributed by atoms with Crippen LogP contribution < -0.4 is 0 Å². The van der Waals surface area contributed by atoms with E-state index in [1.807, 2.05) is 31.2 Å². The largest absolute Gasteiger partial charge is 0.293 e. The smallest absolute Gasteiger partial charge is 0.269 e. The average molecular weight is 247 g/mol. The van der Waals surface area contributed by atoms with Crippen molar-refractivity contribution in [3.8, 4) is 0 Å². The molecule has 0 unspecified atom stereocenters. The predicted molar refractivity (Wildman–Crippen MR) is 69.5 cm³/mol. The summed E-state index contributed by atoms with van der Waals surface area (Å²) < 4.78 is 0. The molecule has 1 saturated heterocycles. The fraction of sp³-hybridized carbons (Fsp3) is 0.231. The molecule has 1 aliphatic rings. The van der Waals surface area contributed by atoms with Crippen LogP contribution in [0.15, 0.2) is 29.2 Å². The molecule has 0 N–H and O–H groups in total. The molecule has 0 radical (unpaired) electrons. The van der Waals surface area contributed by atoms with Gasteiger partial charge in [-0.3, -0.25) is 14.5 Å². The quantitative estimate of drug-likeness (QED) is 0.754. The Morgan fingerprint density at radius 3 is 2.71 bits per heavy atom. The van der Waals surface area contributed by atoms with Gasteiger partial charge in [0.1, 0.15) is 0 Å². The highest BCUT2D eigenvalue weighted by molar-refractivity contribution is 8.18. The Labute approximate surface area is 104 Å². The number of amides is 2. The standard InChI is InChI=1S/C13H13NO2S/c1-3-14-12(15)11(17-13(14)16)8-10-6-4-5-9(2)7-10/h4-8H,3H2,1-2H3/b11-8-. The molecule has 2 amide bonds. The number of rotatable bonds is 2. The molecule has 1 fully saturated rings. The van der Waals surface area contributed by atoms with Gasteiger partial charge in [0, 0.05) is 6.54 Å². The summed E-state index contributed by atoms with van der Waals surface area (Å²) in [7, 11) is 0. The molecule has 0 spiro atoms. The Morgan fingerprint density at radius 1 is 1.35 bits per heavy atom. The van der Waals surface area contributed by atoms with Crippen molar-refractivity contribution in [2.24, 2.45) is 0 Å². The van der Waals surface area contributed by atoms with Gasteiger partial charge in [-0.15, -0.1) is 0 Å². The van der Waals surface area contributed by atoms with Crippen LogP contribution >= 0.6 is 11.8 Å². The summed E-state index contributed by atoms with van der Waals surface area (Å²) >= 11 is 1.01. The molecule has 1 heterocycles. The van der Waals surface area contributed by atoms with E-state index >= 15 is 0 Å². The number of carbonyl (C=O) groups is 2. The van der Waals surface area contributed by atoms with Crippen LogP contribution in [0.2, 0.25) is 0 Å². The highest BCUT2D eigenvalue weighted by Crippen LogP contribution is 2.31. The molecule has 3 nitrogen and oxygen atoms in total. The van der Waals surface area contributed by atoms with Gasteiger partial charge in [0.05, 0.1) is 4.91 Å². The molecular weight excluding hydrogens is 234 g/mol. The first-order valence-electron chi connectivity index (χ1n) is 5.44. The molecule has 4 heteroatoms. The lowest BCUT2D eigenvalue weighted by molar-refractivity contribution is -0.122. The summed E-state index contributed by atoms with van der Waals surface area (Å²) in [6.45, 7) is 4.22. The third kappa shape index (κ3) is 2.42. The van der Waals surface area contributed by atoms with Gasteiger partial charge < -0.3 is 0 Å². The first-order chi connectivity index (χ1) is 8.11. The number of carbonyl (C=O) groups excluding carboxylic acids is 2. The minimum atomic E-state index is -0.191. The number of thioether (sulfide) groups is 1. The molecule has 17 heavy (non-hydrogen) atoms. The van der Waals surface area contributed by atoms with Gasteiger partial charge in [-0.2, -0.15) is 0 Å². The van der Waals surface area contributed by atoms with Gasteiger partial charge in [-0.05, 0) is 37.2 Å². The zero-order valence-corrected chi connectivity index (χ0v) is 10.6. The van der Waals surface area contributed by atoms with Crippen LogP contribution in [0.4, 0.5) is 4.79 Å². The van der Waals surface area contributed by atoms with Crippen molar-refractivity contribution in [3.63, 3.8) is 0 Å². The van der Waals surface area contributed by atoms with Gasteiger partial charge in [-0.25, -0.2) is 0 Å². The minimum Gasteiger partial charge on any atom is -0.269 e. The molecule has 0 atom stereocenters. The normalized spacial score (nSPS) is 18.2. The fourth-order valence-corrected chi connectivity index (χ4v) is 2.59. The Kier molecular flexibility index (Phi) is 3.33. The highest BCUT2D eigenvalue weighted by Gasteiger charge is 2.33. The van der Waals surface area contributed by atoms with Crippen molar-refractivity contribution in [2.45, 2.75) is 13.8 Å². The van der Waals surface area contributed by atoms with E-state index in [1.165, 1.54) is 4.90 Å². The summed E-state index contributed by atoms with van der Waals surface area (Å²) in [6, 6.07) is 7.84. The van der Waals surface area contributed by atoms with E-state index < -0.39 is 0 Å². The number of likely N-dealkylation sites (N-methyl/N-ethyl adjacent to an activating group) is 1. The molecule has 88 valence electrons. The maximum Gasteiger partial charge on any atom is 0.293 e. The number of imide groups is 1. The Balaban J connectivity index is 2.30. The van der Waals surface area contributed by atoms with Crippen LogP contribution in [-0.4, -0.2) is 22.6 Å². The number of hydrogen-bond donors (Lipinski definition) is 0. The molecule has 1 aromatic carbocycles. The second kappa shape index (κ2) is 4.75. The third-order valence-electron chi connectivity index (χ3n) is 2.53. The molecule has 1 aliphatic heterocycles. The second-order valence-electron chi connectivity index (χ2n) is 3.84. The van der Waals surface area contributed by atoms with Gasteiger partial charge in [0.25, 0.3) is 11.1 Å². The van der Waals surface area contributed by atoms with E-state index in [-0.39, 0.29) is 11.1 Å². The summed E-state index contributed by atoms with van der Waals surface area (Å²) in [5.41, 5.74) is 2.08. The van der Waals surface area contributed by atoms with Crippen LogP contribution in [0.3, 0.4) is 0 Å². The first kappa shape index (κ1) is 11.9. The van der Waals surface area contributed by atoms with Crippen LogP contribution in [0.5, 0.6) is 0 Å². The second-order valence-corrected chi connectivity index (χ2v) is 4.83. The third-order valence-corrected chi connectivity index (χ3v) is 3.44. The summed E-state index contributed by atoms with van der Waals surface area (Å²) in [4.78, 5) is 25.1. The number of nitrogens with zero attached hydrogens (tertiary/aromatic N) is 1. The summed E-state index contributed by atoms with van der Waals surface area (Å²) in [6.07, 6.45) is 1.77. The monoisotopic (exact) mass is 247 g/mol. The molecule has 0 aromatic heterocycles. The zero-order valence-electron chi connectivity index (χ0n) is 9.77. The van der Waals surface area contributed by atoms with Crippen molar-refractivity contribution >= 4 is 29.0 Å². The summed E-state index contributed by atoms with van der Waals surface area (Å²) in [5, 5.41) is -0.184. The maximum absolute atomic E-state index is 11.9. The van der Waals surface area contributed by atoms with Crippen LogP contribution in [0, 0.1) is 6.92 Å². The molecule has 0 aliphatic carbocycles. The van der Waals surface area contributed by atoms with Crippen molar-refractivity contribution in [1.82, 2.24) is 4.90 Å². The van der Waals surface area contributed by atoms with Gasteiger partial charge >= 0.3 is 0 Å². The van der Waals surface area contributed by atoms with E-state index in [9.17, 15) is 9.59 Å². The Bertz CT molecular complexity index is 508. The van der Waals surface area contributed by atoms with Gasteiger partial charge in [-0.1, -0.05) is 29.8 Å². The Morgan fingerprint density at radius 2 is 2.12 bits per heavy atom. The van der Waals surface area contributed by atoms with Crippen LogP contribution in [-0.2, 0) is 4.79 Å². The Hall–Kier alpha value is -1.55. The lowest BCUT2D eigenvalue weighted by atomic mass is 10.1. The molecule has 0 bridgehead atoms. The SMILES string of the molecule is CCN1C(=O)S/C(=C\c2cccc(C)c2)C1=O. The van der Waals surface area contributed by atoms with Crippen molar-refractivity contribution in [2.75, 3.05) is 6.54 Å². The predicted octanol–water partition coefficient (Wildman–Crippen LogP) is 3.05. The summed E-state index contributed by atoms with van der Waals surface area (Å²) in [5.74, 6) is -0.191. The van der Waals surface area contributed by atoms with Gasteiger partial charge in [0.2, 0.25) is 0 Å². The average Bonchev–Trinajstić information content (AvgIpc) is 2.54. The lowest BCUT2D eigenvalue weighted by Gasteiger charge is -2.06. The fourth-order valence-electron chi connectivity index (χ4n) is 1.68. The number of hydrogen-bond acceptors (Lipinski definition) is 3. The van der Waals surface area contributed by atoms with Crippen molar-refractivity contribution < 1.29 is 9.59 Å². The van der Waals surface area contributed by atoms with Gasteiger partial charge in [0.15, 0.2) is 0 Å². The minimum absolute atomic E-state index is 0.184.